The van der Waals surface area contributed by atoms with Gasteiger partial charge >= 0.3 is 0 Å². The van der Waals surface area contributed by atoms with E-state index in [9.17, 15) is 4.79 Å². The molecular formula is C27H29N7O3. The standard InChI is InChI=1S/C27H29N7O3/c1-32-24(28)22-23(18-7-5-10-20(17-18)37-19-8-3-2-4-9-19)29-27(30-25(22)31-32)34-14-12-33(13-15-34)26(35)21-11-6-16-36-21/h2-5,7-10,17,21H,6,11-16,28H2,1H3. The number of nitrogen functional groups attached to an aromatic ring is 1. The minimum atomic E-state index is -0.298. The van der Waals surface area contributed by atoms with Crippen LogP contribution in [0.5, 0.6) is 11.5 Å². The summed E-state index contributed by atoms with van der Waals surface area (Å²) in [5.74, 6) is 2.60. The van der Waals surface area contributed by atoms with Crippen LogP contribution >= 0.6 is 0 Å². The number of hydrogen-bond donors (Lipinski definition) is 1. The number of fused-ring (bicyclic) bond motifs is 1. The van der Waals surface area contributed by atoms with E-state index in [1.807, 2.05) is 59.5 Å². The van der Waals surface area contributed by atoms with Gasteiger partial charge in [-0.25, -0.2) is 4.98 Å². The highest BCUT2D eigenvalue weighted by atomic mass is 16.5. The third-order valence-electron chi connectivity index (χ3n) is 6.89. The molecule has 4 aromatic rings. The Hall–Kier alpha value is -4.18. The second-order valence-corrected chi connectivity index (χ2v) is 9.34. The second kappa shape index (κ2) is 9.70. The van der Waals surface area contributed by atoms with Gasteiger partial charge in [-0.3, -0.25) is 9.48 Å². The number of nitrogens with two attached hydrogens (primary N) is 1. The monoisotopic (exact) mass is 499 g/mol. The normalized spacial score (nSPS) is 17.9. The molecule has 2 aliphatic heterocycles. The molecule has 0 saturated carbocycles. The number of anilines is 2. The molecule has 2 aromatic heterocycles. The van der Waals surface area contributed by atoms with E-state index in [4.69, 9.17) is 25.2 Å². The second-order valence-electron chi connectivity index (χ2n) is 9.34. The van der Waals surface area contributed by atoms with Gasteiger partial charge in [0.2, 0.25) is 5.95 Å². The number of hydrogen-bond acceptors (Lipinski definition) is 8. The topological polar surface area (TPSA) is 112 Å². The minimum absolute atomic E-state index is 0.0851. The number of para-hydroxylation sites is 1. The lowest BCUT2D eigenvalue weighted by Crippen LogP contribution is -2.51. The Kier molecular flexibility index (Phi) is 6.09. The number of aromatic nitrogens is 4. The number of piperazine rings is 1. The highest BCUT2D eigenvalue weighted by molar-refractivity contribution is 5.99. The van der Waals surface area contributed by atoms with E-state index < -0.39 is 0 Å². The molecule has 10 heteroatoms. The molecule has 190 valence electrons. The Balaban J connectivity index is 1.30. The lowest BCUT2D eigenvalue weighted by atomic mass is 10.1. The molecule has 2 aromatic carbocycles. The SMILES string of the molecule is Cn1nc2nc(N3CCN(C(=O)C4CCCO4)CC3)nc(-c3cccc(Oc4ccccc4)c3)c2c1N. The number of amides is 1. The predicted octanol–water partition coefficient (Wildman–Crippen LogP) is 3.23. The average molecular weight is 500 g/mol. The van der Waals surface area contributed by atoms with Gasteiger partial charge in [-0.15, -0.1) is 0 Å². The number of aryl methyl sites for hydroxylation is 1. The van der Waals surface area contributed by atoms with Gasteiger partial charge in [-0.2, -0.15) is 10.1 Å². The fraction of sp³-hybridized carbons (Fsp3) is 0.333. The molecular weight excluding hydrogens is 470 g/mol. The van der Waals surface area contributed by atoms with Gasteiger partial charge in [-0.1, -0.05) is 30.3 Å². The van der Waals surface area contributed by atoms with Crippen molar-refractivity contribution in [3.05, 3.63) is 54.6 Å². The number of rotatable bonds is 5. The Morgan fingerprint density at radius 1 is 1.03 bits per heavy atom. The molecule has 2 saturated heterocycles. The van der Waals surface area contributed by atoms with E-state index in [1.54, 1.807) is 11.7 Å². The first-order valence-electron chi connectivity index (χ1n) is 12.6. The van der Waals surface area contributed by atoms with Crippen LogP contribution in [0.4, 0.5) is 11.8 Å². The molecule has 0 radical (unpaired) electrons. The molecule has 2 aliphatic rings. The van der Waals surface area contributed by atoms with E-state index >= 15 is 0 Å². The van der Waals surface area contributed by atoms with Crippen LogP contribution in [0.3, 0.4) is 0 Å². The lowest BCUT2D eigenvalue weighted by molar-refractivity contribution is -0.141. The zero-order valence-corrected chi connectivity index (χ0v) is 20.7. The third kappa shape index (κ3) is 4.55. The molecule has 0 bridgehead atoms. The molecule has 2 N–H and O–H groups in total. The van der Waals surface area contributed by atoms with Crippen molar-refractivity contribution in [3.63, 3.8) is 0 Å². The lowest BCUT2D eigenvalue weighted by Gasteiger charge is -2.35. The van der Waals surface area contributed by atoms with Crippen molar-refractivity contribution in [1.82, 2.24) is 24.6 Å². The van der Waals surface area contributed by atoms with E-state index in [-0.39, 0.29) is 12.0 Å². The molecule has 6 rings (SSSR count). The fourth-order valence-electron chi connectivity index (χ4n) is 4.89. The molecule has 10 nitrogen and oxygen atoms in total. The summed E-state index contributed by atoms with van der Waals surface area (Å²) in [6, 6.07) is 17.4. The quantitative estimate of drug-likeness (QED) is 0.446. The maximum Gasteiger partial charge on any atom is 0.251 e. The van der Waals surface area contributed by atoms with E-state index in [0.717, 1.165) is 24.2 Å². The van der Waals surface area contributed by atoms with Gasteiger partial charge in [0.05, 0.1) is 11.1 Å². The van der Waals surface area contributed by atoms with Gasteiger partial charge in [0, 0.05) is 45.4 Å². The number of ether oxygens (including phenoxy) is 2. The molecule has 0 aliphatic carbocycles. The number of carbonyl (C=O) groups is 1. The highest BCUT2D eigenvalue weighted by Gasteiger charge is 2.31. The Morgan fingerprint density at radius 2 is 1.81 bits per heavy atom. The average Bonchev–Trinajstić information content (AvgIpc) is 3.57. The molecule has 4 heterocycles. The maximum absolute atomic E-state index is 12.8. The highest BCUT2D eigenvalue weighted by Crippen LogP contribution is 2.34. The molecule has 0 spiro atoms. The van der Waals surface area contributed by atoms with Gasteiger partial charge < -0.3 is 25.0 Å². The Labute approximate surface area is 214 Å². The van der Waals surface area contributed by atoms with Crippen LogP contribution in [0, 0.1) is 0 Å². The van der Waals surface area contributed by atoms with E-state index in [0.29, 0.717) is 67.0 Å². The molecule has 2 fully saturated rings. The van der Waals surface area contributed by atoms with Crippen molar-refractivity contribution < 1.29 is 14.3 Å². The fourth-order valence-corrected chi connectivity index (χ4v) is 4.89. The smallest absolute Gasteiger partial charge is 0.251 e. The molecule has 1 unspecified atom stereocenters. The maximum atomic E-state index is 12.8. The zero-order chi connectivity index (χ0) is 25.4. The van der Waals surface area contributed by atoms with Crippen LogP contribution in [-0.2, 0) is 16.6 Å². The van der Waals surface area contributed by atoms with Crippen molar-refractivity contribution in [2.24, 2.45) is 7.05 Å². The predicted molar refractivity (Wildman–Crippen MR) is 140 cm³/mol. The summed E-state index contributed by atoms with van der Waals surface area (Å²) in [6.07, 6.45) is 1.45. The largest absolute Gasteiger partial charge is 0.457 e. The van der Waals surface area contributed by atoms with Crippen molar-refractivity contribution in [2.75, 3.05) is 43.4 Å². The summed E-state index contributed by atoms with van der Waals surface area (Å²) in [7, 11) is 1.80. The number of benzene rings is 2. The van der Waals surface area contributed by atoms with Gasteiger partial charge in [0.1, 0.15) is 23.4 Å². The van der Waals surface area contributed by atoms with Crippen molar-refractivity contribution in [3.8, 4) is 22.8 Å². The summed E-state index contributed by atoms with van der Waals surface area (Å²) in [5, 5.41) is 5.25. The first kappa shape index (κ1) is 23.2. The van der Waals surface area contributed by atoms with Gasteiger partial charge in [0.25, 0.3) is 5.91 Å². The molecule has 1 atom stereocenters. The van der Waals surface area contributed by atoms with E-state index in [2.05, 4.69) is 10.00 Å². The first-order valence-corrected chi connectivity index (χ1v) is 12.6. The third-order valence-corrected chi connectivity index (χ3v) is 6.89. The number of nitrogens with zero attached hydrogens (tertiary/aromatic N) is 6. The Bertz CT molecular complexity index is 1420. The summed E-state index contributed by atoms with van der Waals surface area (Å²) in [5.41, 5.74) is 8.48. The van der Waals surface area contributed by atoms with Crippen LogP contribution in [0.1, 0.15) is 12.8 Å². The summed E-state index contributed by atoms with van der Waals surface area (Å²) in [6.45, 7) is 3.12. The minimum Gasteiger partial charge on any atom is -0.457 e. The zero-order valence-electron chi connectivity index (χ0n) is 20.7. The van der Waals surface area contributed by atoms with Crippen LogP contribution in [0.25, 0.3) is 22.3 Å². The van der Waals surface area contributed by atoms with Crippen LogP contribution in [-0.4, -0.2) is 69.4 Å². The van der Waals surface area contributed by atoms with Crippen LogP contribution < -0.4 is 15.4 Å². The molecule has 1 amide bonds. The number of carbonyl (C=O) groups excluding carboxylic acids is 1. The van der Waals surface area contributed by atoms with Crippen molar-refractivity contribution in [2.45, 2.75) is 18.9 Å². The van der Waals surface area contributed by atoms with Crippen LogP contribution in [0.15, 0.2) is 54.6 Å². The molecule has 37 heavy (non-hydrogen) atoms. The van der Waals surface area contributed by atoms with E-state index in [1.165, 1.54) is 0 Å². The van der Waals surface area contributed by atoms with Gasteiger partial charge in [-0.05, 0) is 37.1 Å². The van der Waals surface area contributed by atoms with Crippen LogP contribution in [0.2, 0.25) is 0 Å². The first-order chi connectivity index (χ1) is 18.1. The van der Waals surface area contributed by atoms with Crippen molar-refractivity contribution >= 4 is 28.7 Å². The summed E-state index contributed by atoms with van der Waals surface area (Å²) >= 11 is 0. The Morgan fingerprint density at radius 3 is 2.57 bits per heavy atom. The summed E-state index contributed by atoms with van der Waals surface area (Å²) < 4.78 is 13.3. The summed E-state index contributed by atoms with van der Waals surface area (Å²) in [4.78, 5) is 26.5. The van der Waals surface area contributed by atoms with Crippen molar-refractivity contribution in [1.29, 1.82) is 0 Å². The van der Waals surface area contributed by atoms with Gasteiger partial charge in [0.15, 0.2) is 5.65 Å².